The molecule has 2 aromatic carbocycles. The molecule has 0 N–H and O–H groups in total. The minimum atomic E-state index is -0.923. The molecule has 1 unspecified atom stereocenters. The topological polar surface area (TPSA) is 50.1 Å². The van der Waals surface area contributed by atoms with Crippen molar-refractivity contribution in [2.75, 3.05) is 7.11 Å². The Morgan fingerprint density at radius 1 is 1.33 bits per heavy atom. The van der Waals surface area contributed by atoms with Crippen LogP contribution >= 0.6 is 27.5 Å². The van der Waals surface area contributed by atoms with Gasteiger partial charge in [0, 0.05) is 9.50 Å². The second-order valence-electron chi connectivity index (χ2n) is 4.29. The van der Waals surface area contributed by atoms with E-state index in [0.717, 1.165) is 0 Å². The van der Waals surface area contributed by atoms with Crippen LogP contribution in [0.15, 0.2) is 46.9 Å². The number of ketones is 1. The number of benzene rings is 2. The summed E-state index contributed by atoms with van der Waals surface area (Å²) in [4.78, 5) is 12.7. The summed E-state index contributed by atoms with van der Waals surface area (Å²) in [5.41, 5.74) is 0.916. The number of ether oxygens (including phenoxy) is 1. The highest BCUT2D eigenvalue weighted by atomic mass is 79.9. The summed E-state index contributed by atoms with van der Waals surface area (Å²) in [6.45, 7) is 0. The molecule has 0 aliphatic rings. The Morgan fingerprint density at radius 3 is 2.67 bits per heavy atom. The monoisotopic (exact) mass is 363 g/mol. The largest absolute Gasteiger partial charge is 0.496 e. The quantitative estimate of drug-likeness (QED) is 0.745. The lowest BCUT2D eigenvalue weighted by Crippen LogP contribution is -2.13. The summed E-state index contributed by atoms with van der Waals surface area (Å²) >= 11 is 9.31. The number of carbonyl (C=O) groups is 1. The Labute approximate surface area is 136 Å². The fourth-order valence-corrected chi connectivity index (χ4v) is 2.69. The zero-order valence-corrected chi connectivity index (χ0v) is 13.5. The van der Waals surface area contributed by atoms with Gasteiger partial charge < -0.3 is 4.74 Å². The summed E-state index contributed by atoms with van der Waals surface area (Å²) in [7, 11) is 1.47. The molecule has 21 heavy (non-hydrogen) atoms. The third kappa shape index (κ3) is 3.26. The van der Waals surface area contributed by atoms with Crippen molar-refractivity contribution in [2.24, 2.45) is 0 Å². The zero-order valence-electron chi connectivity index (χ0n) is 11.1. The second kappa shape index (κ2) is 6.75. The van der Waals surface area contributed by atoms with E-state index in [-0.39, 0.29) is 5.78 Å². The van der Waals surface area contributed by atoms with Gasteiger partial charge in [-0.2, -0.15) is 5.26 Å². The molecular formula is C16H11BrClNO2. The van der Waals surface area contributed by atoms with Crippen LogP contribution in [0.3, 0.4) is 0 Å². The van der Waals surface area contributed by atoms with Crippen LogP contribution in [0.2, 0.25) is 5.02 Å². The summed E-state index contributed by atoms with van der Waals surface area (Å²) in [6.07, 6.45) is 0. The summed E-state index contributed by atoms with van der Waals surface area (Å²) in [5.74, 6) is -0.867. The van der Waals surface area contributed by atoms with Gasteiger partial charge in [0.1, 0.15) is 11.7 Å². The van der Waals surface area contributed by atoms with E-state index in [9.17, 15) is 10.1 Å². The van der Waals surface area contributed by atoms with Crippen molar-refractivity contribution in [3.8, 4) is 11.8 Å². The normalized spacial score (nSPS) is 11.5. The van der Waals surface area contributed by atoms with E-state index in [1.54, 1.807) is 30.3 Å². The number of hydrogen-bond donors (Lipinski definition) is 0. The standard InChI is InChI=1S/C16H11BrClNO2/c1-21-15-7-6-10(18)8-12(15)16(20)13(9-19)11-4-2-3-5-14(11)17/h2-8,13H,1H3. The molecule has 1 atom stereocenters. The van der Waals surface area contributed by atoms with E-state index in [1.807, 2.05) is 6.07 Å². The lowest BCUT2D eigenvalue weighted by Gasteiger charge is -2.13. The highest BCUT2D eigenvalue weighted by Gasteiger charge is 2.26. The van der Waals surface area contributed by atoms with Gasteiger partial charge in [-0.1, -0.05) is 45.7 Å². The van der Waals surface area contributed by atoms with Crippen LogP contribution in [-0.4, -0.2) is 12.9 Å². The SMILES string of the molecule is COc1ccc(Cl)cc1C(=O)C(C#N)c1ccccc1Br. The Hall–Kier alpha value is -1.83. The number of hydrogen-bond acceptors (Lipinski definition) is 3. The molecule has 2 aromatic rings. The summed E-state index contributed by atoms with van der Waals surface area (Å²) < 4.78 is 5.90. The molecule has 0 aliphatic carbocycles. The van der Waals surface area contributed by atoms with Gasteiger partial charge in [0.2, 0.25) is 0 Å². The van der Waals surface area contributed by atoms with E-state index in [0.29, 0.717) is 26.4 Å². The lowest BCUT2D eigenvalue weighted by atomic mass is 9.91. The van der Waals surface area contributed by atoms with Crippen molar-refractivity contribution in [2.45, 2.75) is 5.92 Å². The van der Waals surface area contributed by atoms with Crippen LogP contribution in [0.25, 0.3) is 0 Å². The molecule has 2 rings (SSSR count). The first kappa shape index (κ1) is 15.6. The first-order valence-corrected chi connectivity index (χ1v) is 7.27. The van der Waals surface area contributed by atoms with E-state index in [1.165, 1.54) is 13.2 Å². The molecule has 0 fully saturated rings. The van der Waals surface area contributed by atoms with Gasteiger partial charge in [-0.05, 0) is 29.8 Å². The fourth-order valence-electron chi connectivity index (χ4n) is 2.01. The average molecular weight is 365 g/mol. The van der Waals surface area contributed by atoms with Crippen LogP contribution in [0, 0.1) is 11.3 Å². The van der Waals surface area contributed by atoms with Gasteiger partial charge in [-0.15, -0.1) is 0 Å². The number of Topliss-reactive ketones (excluding diaryl/α,β-unsaturated/α-hetero) is 1. The summed E-state index contributed by atoms with van der Waals surface area (Å²) in [5, 5.41) is 9.82. The van der Waals surface area contributed by atoms with Crippen molar-refractivity contribution < 1.29 is 9.53 Å². The molecule has 0 spiro atoms. The van der Waals surface area contributed by atoms with Crippen LogP contribution < -0.4 is 4.74 Å². The first-order chi connectivity index (χ1) is 10.1. The minimum Gasteiger partial charge on any atom is -0.496 e. The molecule has 0 radical (unpaired) electrons. The zero-order chi connectivity index (χ0) is 15.4. The number of methoxy groups -OCH3 is 1. The third-order valence-corrected chi connectivity index (χ3v) is 3.99. The predicted octanol–water partition coefficient (Wildman–Crippen LogP) is 4.60. The smallest absolute Gasteiger partial charge is 0.188 e. The molecule has 106 valence electrons. The van der Waals surface area contributed by atoms with Crippen LogP contribution in [0.4, 0.5) is 0 Å². The number of halogens is 2. The third-order valence-electron chi connectivity index (χ3n) is 3.03. The molecule has 5 heteroatoms. The maximum atomic E-state index is 12.7. The van der Waals surface area contributed by atoms with Crippen LogP contribution in [0.1, 0.15) is 21.8 Å². The molecule has 0 aromatic heterocycles. The molecule has 0 heterocycles. The maximum Gasteiger partial charge on any atom is 0.188 e. The molecule has 3 nitrogen and oxygen atoms in total. The highest BCUT2D eigenvalue weighted by Crippen LogP contribution is 2.31. The molecule has 0 aliphatic heterocycles. The number of carbonyl (C=O) groups excluding carboxylic acids is 1. The summed E-state index contributed by atoms with van der Waals surface area (Å²) in [6, 6.07) is 14.0. The Kier molecular flexibility index (Phi) is 5.00. The van der Waals surface area contributed by atoms with Gasteiger partial charge in [0.05, 0.1) is 18.7 Å². The maximum absolute atomic E-state index is 12.7. The Bertz CT molecular complexity index is 724. The number of rotatable bonds is 4. The van der Waals surface area contributed by atoms with Gasteiger partial charge in [-0.3, -0.25) is 4.79 Å². The van der Waals surface area contributed by atoms with Crippen molar-refractivity contribution in [1.82, 2.24) is 0 Å². The minimum absolute atomic E-state index is 0.298. The molecule has 0 bridgehead atoms. The average Bonchev–Trinajstić information content (AvgIpc) is 2.49. The predicted molar refractivity (Wildman–Crippen MR) is 84.8 cm³/mol. The van der Waals surface area contributed by atoms with Crippen LogP contribution in [-0.2, 0) is 0 Å². The van der Waals surface area contributed by atoms with E-state index < -0.39 is 5.92 Å². The van der Waals surface area contributed by atoms with Gasteiger partial charge >= 0.3 is 0 Å². The number of nitriles is 1. The Morgan fingerprint density at radius 2 is 2.05 bits per heavy atom. The van der Waals surface area contributed by atoms with Gasteiger partial charge in [0.15, 0.2) is 5.78 Å². The fraction of sp³-hybridized carbons (Fsp3) is 0.125. The first-order valence-electron chi connectivity index (χ1n) is 6.10. The Balaban J connectivity index is 2.50. The lowest BCUT2D eigenvalue weighted by molar-refractivity contribution is 0.0975. The van der Waals surface area contributed by atoms with Gasteiger partial charge in [0.25, 0.3) is 0 Å². The second-order valence-corrected chi connectivity index (χ2v) is 5.58. The molecule has 0 saturated carbocycles. The van der Waals surface area contributed by atoms with Gasteiger partial charge in [-0.25, -0.2) is 0 Å². The van der Waals surface area contributed by atoms with Crippen molar-refractivity contribution in [3.05, 3.63) is 63.1 Å². The molecule has 0 saturated heterocycles. The highest BCUT2D eigenvalue weighted by molar-refractivity contribution is 9.10. The van der Waals surface area contributed by atoms with Crippen molar-refractivity contribution >= 4 is 33.3 Å². The van der Waals surface area contributed by atoms with E-state index in [4.69, 9.17) is 16.3 Å². The van der Waals surface area contributed by atoms with E-state index in [2.05, 4.69) is 22.0 Å². The molecular weight excluding hydrogens is 354 g/mol. The number of nitrogens with zero attached hydrogens (tertiary/aromatic N) is 1. The van der Waals surface area contributed by atoms with Crippen molar-refractivity contribution in [3.63, 3.8) is 0 Å². The molecule has 0 amide bonds. The van der Waals surface area contributed by atoms with E-state index >= 15 is 0 Å². The van der Waals surface area contributed by atoms with Crippen LogP contribution in [0.5, 0.6) is 5.75 Å². The van der Waals surface area contributed by atoms with Crippen molar-refractivity contribution in [1.29, 1.82) is 5.26 Å².